The van der Waals surface area contributed by atoms with Crippen LogP contribution >= 0.6 is 23.5 Å². The van der Waals surface area contributed by atoms with Gasteiger partial charge in [0.1, 0.15) is 29.4 Å². The molecule has 0 radical (unpaired) electrons. The third kappa shape index (κ3) is 10.1. The summed E-state index contributed by atoms with van der Waals surface area (Å²) in [5.74, 6) is -1.15. The Morgan fingerprint density at radius 3 is 2.28 bits per heavy atom. The van der Waals surface area contributed by atoms with Crippen LogP contribution in [-0.2, 0) is 28.6 Å². The number of carbonyl (C=O) groups excluding carboxylic acids is 4. The number of fused-ring (bicyclic) bond motifs is 5. The molecular weight excluding hydrogens is 952 g/mol. The second-order valence-electron chi connectivity index (χ2n) is 23.4. The van der Waals surface area contributed by atoms with E-state index in [0.717, 1.165) is 90.1 Å². The third-order valence-corrected chi connectivity index (χ3v) is 21.8. The standard InChI is InChI=1S/C57H81FN4O8S2/c1-8-55(5)33-46(69-48(65)34-71-40-29-38-18-19-39(30-40)60(38)7)56(6)35(2)20-22-57(23-21-45(63)51(56)57)36(3)52(55)70-47(64)17-15-13-11-9-10-12-14-16-28-68-54(67)49-50(66)41-31-42(58)44(61-26-24-59-25-27-61)32-43(41)62-37(4)72-53(49)62/h8,31-32,35-40,46,51-52,59H,1,9-30,33-34H2,2-7H3/t35?,36-,37?,38?,39?,40?,46+,51?,52-,55+,56-,57?/m1/s1. The average molecular weight is 1030 g/mol. The van der Waals surface area contributed by atoms with Crippen LogP contribution in [0.3, 0.4) is 0 Å². The van der Waals surface area contributed by atoms with Crippen LogP contribution in [0.25, 0.3) is 10.9 Å². The lowest BCUT2D eigenvalue weighted by Crippen LogP contribution is -2.63. The molecule has 1 aromatic carbocycles. The van der Waals surface area contributed by atoms with E-state index in [-0.39, 0.29) is 63.8 Å². The van der Waals surface area contributed by atoms with Gasteiger partial charge in [0.15, 0.2) is 0 Å². The second-order valence-corrected chi connectivity index (χ2v) is 25.9. The van der Waals surface area contributed by atoms with Crippen molar-refractivity contribution in [3.05, 3.63) is 46.4 Å². The predicted molar refractivity (Wildman–Crippen MR) is 284 cm³/mol. The van der Waals surface area contributed by atoms with Gasteiger partial charge in [-0.2, -0.15) is 0 Å². The molecule has 3 saturated carbocycles. The van der Waals surface area contributed by atoms with Crippen molar-refractivity contribution in [3.8, 4) is 0 Å². The number of halogens is 1. The van der Waals surface area contributed by atoms with E-state index in [0.29, 0.717) is 78.1 Å². The quantitative estimate of drug-likeness (QED) is 0.0619. The summed E-state index contributed by atoms with van der Waals surface area (Å²) >= 11 is 3.20. The number of unbranched alkanes of at least 4 members (excludes halogenated alkanes) is 7. The first-order valence-electron chi connectivity index (χ1n) is 27.6. The van der Waals surface area contributed by atoms with Crippen LogP contribution in [-0.4, -0.2) is 108 Å². The number of carbonyl (C=O) groups is 4. The number of hydrogen-bond donors (Lipinski definition) is 1. The van der Waals surface area contributed by atoms with Crippen LogP contribution in [0, 0.1) is 39.8 Å². The maximum absolute atomic E-state index is 15.4. The molecule has 11 atom stereocenters. The Balaban J connectivity index is 0.733. The Bertz CT molecular complexity index is 2430. The van der Waals surface area contributed by atoms with Crippen LogP contribution < -0.4 is 15.6 Å². The van der Waals surface area contributed by atoms with Crippen molar-refractivity contribution in [2.45, 2.75) is 190 Å². The number of anilines is 1. The lowest BCUT2D eigenvalue weighted by atomic mass is 9.44. The molecule has 12 nitrogen and oxygen atoms in total. The highest BCUT2D eigenvalue weighted by atomic mass is 32.2. The number of piperazine rings is 1. The summed E-state index contributed by atoms with van der Waals surface area (Å²) in [6.07, 6.45) is 16.6. The zero-order valence-electron chi connectivity index (χ0n) is 43.9. The van der Waals surface area contributed by atoms with Crippen molar-refractivity contribution in [1.29, 1.82) is 0 Å². The van der Waals surface area contributed by atoms with Gasteiger partial charge in [0.25, 0.3) is 0 Å². The number of pyridine rings is 1. The minimum atomic E-state index is -0.677. The van der Waals surface area contributed by atoms with Crippen LogP contribution in [0.2, 0.25) is 0 Å². The molecular formula is C57H81FN4O8S2. The Kier molecular flexibility index (Phi) is 16.4. The molecule has 6 unspecified atom stereocenters. The SMILES string of the molecule is C=C[C@@]1(C)C[C@H](OC(=O)CSC2CC3CCC(C2)N3C)[C@@]2(C)C(C)CCC3(CCC(=O)C32)[C@H](C)[C@H]1OC(=O)CCCCCCCCCCOC(=O)c1c2n(c3cc(N4CCNCC4)c(F)cc3c1=O)C(C)S2. The first kappa shape index (κ1) is 53.4. The summed E-state index contributed by atoms with van der Waals surface area (Å²) in [6.45, 7) is 18.2. The maximum atomic E-state index is 15.4. The van der Waals surface area contributed by atoms with Gasteiger partial charge in [0, 0.05) is 84.4 Å². The Labute approximate surface area is 435 Å². The predicted octanol–water partition coefficient (Wildman–Crippen LogP) is 10.7. The largest absolute Gasteiger partial charge is 0.462 e. The molecule has 0 amide bonds. The number of nitrogens with zero attached hydrogens (tertiary/aromatic N) is 3. The molecule has 4 aliphatic heterocycles. The molecule has 3 aliphatic carbocycles. The molecule has 396 valence electrons. The summed E-state index contributed by atoms with van der Waals surface area (Å²) < 4.78 is 36.3. The van der Waals surface area contributed by atoms with Crippen molar-refractivity contribution >= 4 is 63.8 Å². The Morgan fingerprint density at radius 2 is 1.60 bits per heavy atom. The van der Waals surface area contributed by atoms with E-state index in [1.54, 1.807) is 17.8 Å². The first-order chi connectivity index (χ1) is 34.5. The van der Waals surface area contributed by atoms with E-state index in [1.165, 1.54) is 30.7 Å². The topological polar surface area (TPSA) is 136 Å². The highest BCUT2D eigenvalue weighted by Crippen LogP contribution is 2.68. The Morgan fingerprint density at radius 1 is 0.917 bits per heavy atom. The van der Waals surface area contributed by atoms with Gasteiger partial charge in [-0.05, 0) is 102 Å². The van der Waals surface area contributed by atoms with Crippen molar-refractivity contribution < 1.29 is 37.8 Å². The average Bonchev–Trinajstić information content (AvgIpc) is 3.80. The fourth-order valence-electron chi connectivity index (χ4n) is 14.8. The van der Waals surface area contributed by atoms with Gasteiger partial charge in [-0.25, -0.2) is 9.18 Å². The first-order valence-corrected chi connectivity index (χ1v) is 29.5. The number of nitrogens with one attached hydrogen (secondary N) is 1. The molecule has 15 heteroatoms. The second kappa shape index (κ2) is 22.1. The Hall–Kier alpha value is -3.40. The molecule has 0 spiro atoms. The number of piperidine rings is 1. The summed E-state index contributed by atoms with van der Waals surface area (Å²) in [7, 11) is 2.24. The van der Waals surface area contributed by atoms with E-state index in [4.69, 9.17) is 14.2 Å². The number of esters is 3. The van der Waals surface area contributed by atoms with E-state index < -0.39 is 40.3 Å². The molecule has 2 aromatic rings. The maximum Gasteiger partial charge on any atom is 0.344 e. The molecule has 6 fully saturated rings. The zero-order chi connectivity index (χ0) is 51.1. The van der Waals surface area contributed by atoms with E-state index in [1.807, 2.05) is 22.5 Å². The van der Waals surface area contributed by atoms with Crippen LogP contribution in [0.4, 0.5) is 10.1 Å². The monoisotopic (exact) mass is 1030 g/mol. The minimum absolute atomic E-state index is 0.00607. The normalized spacial score (nSPS) is 34.1. The van der Waals surface area contributed by atoms with Gasteiger partial charge >= 0.3 is 17.9 Å². The summed E-state index contributed by atoms with van der Waals surface area (Å²) in [6, 6.07) is 4.25. The summed E-state index contributed by atoms with van der Waals surface area (Å²) in [4.78, 5) is 73.5. The van der Waals surface area contributed by atoms with E-state index >= 15 is 4.39 Å². The van der Waals surface area contributed by atoms with Crippen LogP contribution in [0.5, 0.6) is 0 Å². The van der Waals surface area contributed by atoms with Gasteiger partial charge in [-0.1, -0.05) is 84.1 Å². The summed E-state index contributed by atoms with van der Waals surface area (Å²) in [5.41, 5.74) is -0.939. The van der Waals surface area contributed by atoms with Crippen LogP contribution in [0.15, 0.2) is 34.6 Å². The smallest absolute Gasteiger partial charge is 0.344 e. The fraction of sp³-hybridized carbons (Fsp3) is 0.737. The van der Waals surface area contributed by atoms with Crippen molar-refractivity contribution in [3.63, 3.8) is 0 Å². The number of ketones is 1. The lowest BCUT2D eigenvalue weighted by Gasteiger charge is -2.62. The fourth-order valence-corrected chi connectivity index (χ4v) is 17.1. The molecule has 7 aliphatic rings. The number of ether oxygens (including phenoxy) is 3. The molecule has 4 bridgehead atoms. The van der Waals surface area contributed by atoms with Gasteiger partial charge in [-0.15, -0.1) is 18.3 Å². The van der Waals surface area contributed by atoms with Gasteiger partial charge in [0.2, 0.25) is 5.43 Å². The number of rotatable bonds is 19. The number of hydrogen-bond acceptors (Lipinski definition) is 13. The molecule has 9 rings (SSSR count). The van der Waals surface area contributed by atoms with E-state index in [9.17, 15) is 24.0 Å². The van der Waals surface area contributed by atoms with Crippen molar-refractivity contribution in [2.24, 2.45) is 34.0 Å². The van der Waals surface area contributed by atoms with Crippen LogP contribution in [0.1, 0.15) is 166 Å². The number of thioether (sulfide) groups is 2. The zero-order valence-corrected chi connectivity index (χ0v) is 45.5. The van der Waals surface area contributed by atoms with E-state index in [2.05, 4.69) is 51.5 Å². The number of benzene rings is 1. The van der Waals surface area contributed by atoms with Crippen molar-refractivity contribution in [1.82, 2.24) is 14.8 Å². The highest BCUT2D eigenvalue weighted by Gasteiger charge is 2.69. The molecule has 1 N–H and O–H groups in total. The highest BCUT2D eigenvalue weighted by molar-refractivity contribution is 8.00. The minimum Gasteiger partial charge on any atom is -0.462 e. The molecule has 72 heavy (non-hydrogen) atoms. The van der Waals surface area contributed by atoms with Gasteiger partial charge < -0.3 is 33.9 Å². The van der Waals surface area contributed by atoms with Crippen molar-refractivity contribution in [2.75, 3.05) is 50.5 Å². The van der Waals surface area contributed by atoms with Gasteiger partial charge in [-0.3, -0.25) is 19.2 Å². The lowest BCUT2D eigenvalue weighted by molar-refractivity contribution is -0.212. The number of aromatic nitrogens is 1. The summed E-state index contributed by atoms with van der Waals surface area (Å²) in [5, 5.41) is 4.52. The molecule has 1 aromatic heterocycles. The van der Waals surface area contributed by atoms with Gasteiger partial charge in [0.05, 0.1) is 34.0 Å². The molecule has 5 heterocycles. The third-order valence-electron chi connectivity index (χ3n) is 19.3. The number of Topliss-reactive ketones (excluding diaryl/α,β-unsaturated/α-hetero) is 1. The molecule has 3 saturated heterocycles.